The highest BCUT2D eigenvalue weighted by Gasteiger charge is 2.04. The van der Waals surface area contributed by atoms with E-state index in [9.17, 15) is 9.59 Å². The molecule has 0 unspecified atom stereocenters. The molecule has 100 valence electrons. The average molecular weight is 262 g/mol. The Morgan fingerprint density at radius 3 is 2.95 bits per heavy atom. The SMILES string of the molecule is O=C(O)CCCNCn1nnc2ccccc2c1=O. The van der Waals surface area contributed by atoms with Crippen molar-refractivity contribution in [3.05, 3.63) is 34.6 Å². The number of carbonyl (C=O) groups is 1. The molecule has 1 heterocycles. The van der Waals surface area contributed by atoms with Gasteiger partial charge in [-0.15, -0.1) is 5.10 Å². The monoisotopic (exact) mass is 262 g/mol. The second-order valence-electron chi connectivity index (χ2n) is 4.07. The zero-order chi connectivity index (χ0) is 13.7. The molecule has 19 heavy (non-hydrogen) atoms. The van der Waals surface area contributed by atoms with Gasteiger partial charge in [-0.25, -0.2) is 0 Å². The molecule has 2 aromatic rings. The fourth-order valence-corrected chi connectivity index (χ4v) is 1.68. The summed E-state index contributed by atoms with van der Waals surface area (Å²) in [5.74, 6) is -0.829. The number of rotatable bonds is 6. The van der Waals surface area contributed by atoms with Gasteiger partial charge >= 0.3 is 5.97 Å². The molecule has 0 atom stereocenters. The van der Waals surface area contributed by atoms with E-state index >= 15 is 0 Å². The van der Waals surface area contributed by atoms with E-state index in [1.807, 2.05) is 0 Å². The lowest BCUT2D eigenvalue weighted by Gasteiger charge is -2.06. The Morgan fingerprint density at radius 1 is 1.37 bits per heavy atom. The smallest absolute Gasteiger partial charge is 0.303 e. The molecule has 0 aliphatic rings. The third-order valence-electron chi connectivity index (χ3n) is 2.64. The van der Waals surface area contributed by atoms with Crippen LogP contribution in [0.15, 0.2) is 29.1 Å². The average Bonchev–Trinajstić information content (AvgIpc) is 2.41. The fourth-order valence-electron chi connectivity index (χ4n) is 1.68. The van der Waals surface area contributed by atoms with Crippen LogP contribution in [0.1, 0.15) is 12.8 Å². The van der Waals surface area contributed by atoms with Gasteiger partial charge in [-0.1, -0.05) is 17.3 Å². The number of hydrogen-bond donors (Lipinski definition) is 2. The molecule has 7 heteroatoms. The highest BCUT2D eigenvalue weighted by atomic mass is 16.4. The summed E-state index contributed by atoms with van der Waals surface area (Å²) in [6.45, 7) is 0.726. The second-order valence-corrected chi connectivity index (χ2v) is 4.07. The van der Waals surface area contributed by atoms with E-state index in [2.05, 4.69) is 15.6 Å². The van der Waals surface area contributed by atoms with Crippen molar-refractivity contribution in [1.82, 2.24) is 20.3 Å². The molecular formula is C12H14N4O3. The Hall–Kier alpha value is -2.28. The Labute approximate surface area is 108 Å². The molecule has 0 spiro atoms. The van der Waals surface area contributed by atoms with Crippen molar-refractivity contribution in [1.29, 1.82) is 0 Å². The molecule has 7 nitrogen and oxygen atoms in total. The van der Waals surface area contributed by atoms with Gasteiger partial charge < -0.3 is 5.11 Å². The minimum absolute atomic E-state index is 0.102. The maximum atomic E-state index is 12.0. The van der Waals surface area contributed by atoms with Crippen LogP contribution in [0.25, 0.3) is 10.9 Å². The molecule has 0 bridgehead atoms. The van der Waals surface area contributed by atoms with Crippen LogP contribution in [-0.4, -0.2) is 32.6 Å². The van der Waals surface area contributed by atoms with Crippen molar-refractivity contribution in [2.75, 3.05) is 6.54 Å². The number of nitrogens with zero attached hydrogens (tertiary/aromatic N) is 3. The van der Waals surface area contributed by atoms with Crippen LogP contribution in [0.4, 0.5) is 0 Å². The van der Waals surface area contributed by atoms with Crippen LogP contribution in [0.3, 0.4) is 0 Å². The van der Waals surface area contributed by atoms with Crippen LogP contribution in [-0.2, 0) is 11.5 Å². The quantitative estimate of drug-likeness (QED) is 0.722. The molecule has 0 radical (unpaired) electrons. The zero-order valence-electron chi connectivity index (χ0n) is 10.2. The van der Waals surface area contributed by atoms with E-state index in [0.717, 1.165) is 0 Å². The molecule has 0 aliphatic heterocycles. The second kappa shape index (κ2) is 6.05. The maximum absolute atomic E-state index is 12.0. The van der Waals surface area contributed by atoms with Crippen LogP contribution in [0.5, 0.6) is 0 Å². The van der Waals surface area contributed by atoms with Crippen LogP contribution in [0.2, 0.25) is 0 Å². The van der Waals surface area contributed by atoms with Gasteiger partial charge in [0, 0.05) is 6.42 Å². The van der Waals surface area contributed by atoms with Gasteiger partial charge in [-0.3, -0.25) is 14.9 Å². The summed E-state index contributed by atoms with van der Waals surface area (Å²) in [7, 11) is 0. The third kappa shape index (κ3) is 3.35. The summed E-state index contributed by atoms with van der Waals surface area (Å²) in [6.07, 6.45) is 0.608. The molecule has 0 fully saturated rings. The number of benzene rings is 1. The zero-order valence-corrected chi connectivity index (χ0v) is 10.2. The van der Waals surface area contributed by atoms with E-state index in [1.165, 1.54) is 4.68 Å². The number of carboxylic acid groups (broad SMARTS) is 1. The van der Waals surface area contributed by atoms with E-state index < -0.39 is 5.97 Å². The topological polar surface area (TPSA) is 97.1 Å². The molecule has 1 aromatic carbocycles. The van der Waals surface area contributed by atoms with Crippen molar-refractivity contribution in [2.24, 2.45) is 0 Å². The summed E-state index contributed by atoms with van der Waals surface area (Å²) < 4.78 is 1.23. The normalized spacial score (nSPS) is 10.7. The molecule has 0 saturated carbocycles. The maximum Gasteiger partial charge on any atom is 0.303 e. The molecule has 0 amide bonds. The van der Waals surface area contributed by atoms with Gasteiger partial charge in [-0.2, -0.15) is 4.68 Å². The first kappa shape index (κ1) is 13.2. The lowest BCUT2D eigenvalue weighted by Crippen LogP contribution is -2.31. The molecule has 2 rings (SSSR count). The summed E-state index contributed by atoms with van der Waals surface area (Å²) in [6, 6.07) is 7.00. The molecule has 2 N–H and O–H groups in total. The van der Waals surface area contributed by atoms with Crippen LogP contribution in [0, 0.1) is 0 Å². The molecule has 1 aromatic heterocycles. The Bertz CT molecular complexity index is 638. The first-order chi connectivity index (χ1) is 9.18. The van der Waals surface area contributed by atoms with Crippen molar-refractivity contribution >= 4 is 16.9 Å². The molecular weight excluding hydrogens is 248 g/mol. The number of aromatic nitrogens is 3. The van der Waals surface area contributed by atoms with Gasteiger partial charge in [-0.05, 0) is 25.1 Å². The van der Waals surface area contributed by atoms with Crippen molar-refractivity contribution in [2.45, 2.75) is 19.5 Å². The Morgan fingerprint density at radius 2 is 2.16 bits per heavy atom. The van der Waals surface area contributed by atoms with Crippen molar-refractivity contribution in [3.63, 3.8) is 0 Å². The molecule has 0 aliphatic carbocycles. The highest BCUT2D eigenvalue weighted by Crippen LogP contribution is 2.02. The number of aliphatic carboxylic acids is 1. The van der Waals surface area contributed by atoms with Crippen molar-refractivity contribution < 1.29 is 9.90 Å². The molecule has 0 saturated heterocycles. The first-order valence-electron chi connectivity index (χ1n) is 5.93. The Balaban J connectivity index is 1.99. The number of carboxylic acids is 1. The van der Waals surface area contributed by atoms with E-state index in [1.54, 1.807) is 24.3 Å². The number of nitrogens with one attached hydrogen (secondary N) is 1. The number of fused-ring (bicyclic) bond motifs is 1. The van der Waals surface area contributed by atoms with Crippen LogP contribution >= 0.6 is 0 Å². The Kier molecular flexibility index (Phi) is 4.19. The van der Waals surface area contributed by atoms with E-state index in [4.69, 9.17) is 5.11 Å². The minimum atomic E-state index is -0.829. The first-order valence-corrected chi connectivity index (χ1v) is 5.93. The van der Waals surface area contributed by atoms with Gasteiger partial charge in [0.15, 0.2) is 0 Å². The van der Waals surface area contributed by atoms with Gasteiger partial charge in [0.2, 0.25) is 0 Å². The highest BCUT2D eigenvalue weighted by molar-refractivity contribution is 5.76. The summed E-state index contributed by atoms with van der Waals surface area (Å²) >= 11 is 0. The van der Waals surface area contributed by atoms with Gasteiger partial charge in [0.05, 0.1) is 12.1 Å². The summed E-state index contributed by atoms with van der Waals surface area (Å²) in [5, 5.41) is 19.7. The summed E-state index contributed by atoms with van der Waals surface area (Å²) in [5.41, 5.74) is 0.353. The lowest BCUT2D eigenvalue weighted by molar-refractivity contribution is -0.137. The van der Waals surface area contributed by atoms with Gasteiger partial charge in [0.1, 0.15) is 5.52 Å². The third-order valence-corrected chi connectivity index (χ3v) is 2.64. The predicted molar refractivity (Wildman–Crippen MR) is 68.7 cm³/mol. The van der Waals surface area contributed by atoms with E-state index in [0.29, 0.717) is 23.9 Å². The predicted octanol–water partition coefficient (Wildman–Crippen LogP) is 0.203. The minimum Gasteiger partial charge on any atom is -0.481 e. The van der Waals surface area contributed by atoms with Crippen molar-refractivity contribution in [3.8, 4) is 0 Å². The van der Waals surface area contributed by atoms with Gasteiger partial charge in [0.25, 0.3) is 5.56 Å². The van der Waals surface area contributed by atoms with E-state index in [-0.39, 0.29) is 18.6 Å². The van der Waals surface area contributed by atoms with Crippen LogP contribution < -0.4 is 10.9 Å². The lowest BCUT2D eigenvalue weighted by atomic mass is 10.2. The fraction of sp³-hybridized carbons (Fsp3) is 0.333. The standard InChI is InChI=1S/C12H14N4O3/c17-11(18)6-3-7-13-8-16-12(19)9-4-1-2-5-10(9)14-15-16/h1-2,4-5,13H,3,6-8H2,(H,17,18). The summed E-state index contributed by atoms with van der Waals surface area (Å²) in [4.78, 5) is 22.4. The number of hydrogen-bond acceptors (Lipinski definition) is 5. The largest absolute Gasteiger partial charge is 0.481 e.